The number of nitrogens with one attached hydrogen (secondary N) is 1. The lowest BCUT2D eigenvalue weighted by Crippen LogP contribution is -2.73. The minimum absolute atomic E-state index is 0.340. The molecule has 3 heterocycles. The van der Waals surface area contributed by atoms with Gasteiger partial charge in [0.05, 0.1) is 24.1 Å². The van der Waals surface area contributed by atoms with Crippen LogP contribution in [0.25, 0.3) is 0 Å². The van der Waals surface area contributed by atoms with Crippen LogP contribution < -0.4 is 0 Å². The lowest BCUT2D eigenvalue weighted by Gasteiger charge is -2.63. The van der Waals surface area contributed by atoms with E-state index in [-0.39, 0.29) is 5.90 Å². The van der Waals surface area contributed by atoms with Crippen LogP contribution in [0.2, 0.25) is 0 Å². The van der Waals surface area contributed by atoms with Gasteiger partial charge >= 0.3 is 0 Å². The molecule has 1 spiro atoms. The van der Waals surface area contributed by atoms with E-state index >= 15 is 0 Å². The number of hydrogen-bond acceptors (Lipinski definition) is 6. The maximum absolute atomic E-state index is 10.2. The third-order valence-electron chi connectivity index (χ3n) is 6.00. The Balaban J connectivity index is 2.04. The van der Waals surface area contributed by atoms with Gasteiger partial charge in [0.1, 0.15) is 6.10 Å². The van der Waals surface area contributed by atoms with E-state index in [1.807, 2.05) is 12.1 Å². The van der Waals surface area contributed by atoms with Crippen LogP contribution in [-0.4, -0.2) is 11.7 Å². The summed E-state index contributed by atoms with van der Waals surface area (Å²) >= 11 is 3.48. The molecule has 130 valence electrons. The predicted octanol–water partition coefficient (Wildman–Crippen LogP) is 3.96. The SMILES string of the molecule is N#CC1(C#N)C2CCCCC23OC(=N)C1(C#N)C(c1ccccc1Br)O3. The molecule has 1 aromatic carbocycles. The van der Waals surface area contributed by atoms with Gasteiger partial charge in [-0.25, -0.2) is 0 Å². The van der Waals surface area contributed by atoms with E-state index in [2.05, 4.69) is 34.1 Å². The van der Waals surface area contributed by atoms with E-state index in [0.717, 1.165) is 12.8 Å². The zero-order chi connectivity index (χ0) is 18.6. The molecule has 0 radical (unpaired) electrons. The molecule has 6 nitrogen and oxygen atoms in total. The van der Waals surface area contributed by atoms with Crippen LogP contribution in [0.1, 0.15) is 37.4 Å². The molecule has 2 bridgehead atoms. The third kappa shape index (κ3) is 1.74. The summed E-state index contributed by atoms with van der Waals surface area (Å²) in [6, 6.07) is 13.6. The molecule has 7 heteroatoms. The highest BCUT2D eigenvalue weighted by atomic mass is 79.9. The lowest BCUT2D eigenvalue weighted by molar-refractivity contribution is -0.360. The van der Waals surface area contributed by atoms with Crippen LogP contribution in [0.15, 0.2) is 28.7 Å². The van der Waals surface area contributed by atoms with Gasteiger partial charge in [0, 0.05) is 10.9 Å². The summed E-state index contributed by atoms with van der Waals surface area (Å²) in [7, 11) is 0. The Morgan fingerprint density at radius 3 is 2.50 bits per heavy atom. The van der Waals surface area contributed by atoms with Crippen LogP contribution in [0, 0.1) is 56.2 Å². The largest absolute Gasteiger partial charge is 0.447 e. The maximum atomic E-state index is 10.2. The Hall–Kier alpha value is -2.40. The fraction of sp³-hybridized carbons (Fsp3) is 0.474. The Labute approximate surface area is 159 Å². The molecule has 1 aliphatic carbocycles. The molecule has 1 aromatic rings. The van der Waals surface area contributed by atoms with Crippen molar-refractivity contribution in [1.82, 2.24) is 0 Å². The molecule has 3 aliphatic heterocycles. The molecule has 4 atom stereocenters. The molecular formula is C19H15BrN4O2. The molecule has 4 unspecified atom stereocenters. The second-order valence-electron chi connectivity index (χ2n) is 7.01. The quantitative estimate of drug-likeness (QED) is 0.752. The smallest absolute Gasteiger partial charge is 0.218 e. The summed E-state index contributed by atoms with van der Waals surface area (Å²) in [6.07, 6.45) is 1.77. The zero-order valence-electron chi connectivity index (χ0n) is 13.8. The molecule has 1 saturated carbocycles. The second kappa shape index (κ2) is 5.55. The van der Waals surface area contributed by atoms with Crippen molar-refractivity contribution in [3.05, 3.63) is 34.3 Å². The van der Waals surface area contributed by atoms with Crippen molar-refractivity contribution in [2.24, 2.45) is 16.7 Å². The summed E-state index contributed by atoms with van der Waals surface area (Å²) in [5.41, 5.74) is -2.87. The highest BCUT2D eigenvalue weighted by Crippen LogP contribution is 2.69. The van der Waals surface area contributed by atoms with Crippen molar-refractivity contribution < 1.29 is 9.47 Å². The van der Waals surface area contributed by atoms with Gasteiger partial charge < -0.3 is 9.47 Å². The topological polar surface area (TPSA) is 114 Å². The average molecular weight is 411 g/mol. The average Bonchev–Trinajstić information content (AvgIpc) is 2.66. The number of hydrogen-bond donors (Lipinski definition) is 1. The molecule has 1 N–H and O–H groups in total. The summed E-state index contributed by atoms with van der Waals surface area (Å²) in [5.74, 6) is -2.11. The lowest BCUT2D eigenvalue weighted by atomic mass is 9.48. The van der Waals surface area contributed by atoms with Gasteiger partial charge in [0.15, 0.2) is 10.8 Å². The van der Waals surface area contributed by atoms with E-state index in [0.29, 0.717) is 22.9 Å². The molecule has 4 fully saturated rings. The molecular weight excluding hydrogens is 396 g/mol. The first-order chi connectivity index (χ1) is 12.5. The minimum Gasteiger partial charge on any atom is -0.447 e. The first-order valence-corrected chi connectivity index (χ1v) is 9.24. The van der Waals surface area contributed by atoms with Crippen LogP contribution in [0.4, 0.5) is 0 Å². The predicted molar refractivity (Wildman–Crippen MR) is 93.2 cm³/mol. The monoisotopic (exact) mass is 410 g/mol. The highest BCUT2D eigenvalue weighted by molar-refractivity contribution is 9.10. The highest BCUT2D eigenvalue weighted by Gasteiger charge is 2.80. The number of benzene rings is 1. The van der Waals surface area contributed by atoms with E-state index < -0.39 is 28.6 Å². The molecule has 0 amide bonds. The van der Waals surface area contributed by atoms with E-state index in [9.17, 15) is 15.8 Å². The number of fused-ring (bicyclic) bond motifs is 2. The summed E-state index contributed by atoms with van der Waals surface area (Å²) in [4.78, 5) is 0. The van der Waals surface area contributed by atoms with E-state index in [1.54, 1.807) is 12.1 Å². The van der Waals surface area contributed by atoms with Gasteiger partial charge in [-0.2, -0.15) is 15.8 Å². The normalized spacial score (nSPS) is 36.8. The summed E-state index contributed by atoms with van der Waals surface area (Å²) < 4.78 is 12.9. The molecule has 0 aromatic heterocycles. The molecule has 5 rings (SSSR count). The zero-order valence-corrected chi connectivity index (χ0v) is 15.4. The Morgan fingerprint density at radius 1 is 1.12 bits per heavy atom. The van der Waals surface area contributed by atoms with Crippen LogP contribution in [0.3, 0.4) is 0 Å². The summed E-state index contributed by atoms with van der Waals surface area (Å²) in [6.45, 7) is 0. The van der Waals surface area contributed by atoms with Crippen molar-refractivity contribution in [3.63, 3.8) is 0 Å². The number of ether oxygens (including phenoxy) is 2. The number of nitriles is 3. The van der Waals surface area contributed by atoms with Gasteiger partial charge in [-0.3, -0.25) is 5.41 Å². The van der Waals surface area contributed by atoms with E-state index in [4.69, 9.17) is 14.9 Å². The van der Waals surface area contributed by atoms with Crippen molar-refractivity contribution in [3.8, 4) is 18.2 Å². The van der Waals surface area contributed by atoms with Crippen LogP contribution >= 0.6 is 15.9 Å². The Kier molecular flexibility index (Phi) is 3.63. The Bertz CT molecular complexity index is 913. The standard InChI is InChI=1S/C19H15BrN4O2/c20-13-6-2-1-5-12(13)15-18(11-23)16(24)26-19(25-15)8-4-3-7-14(19)17(18,9-21)10-22/h1-2,5-6,14-15,24H,3-4,7-8H2. The van der Waals surface area contributed by atoms with Crippen molar-refractivity contribution in [2.45, 2.75) is 37.6 Å². The molecule has 26 heavy (non-hydrogen) atoms. The fourth-order valence-electron chi connectivity index (χ4n) is 4.81. The van der Waals surface area contributed by atoms with Gasteiger partial charge in [0.25, 0.3) is 0 Å². The maximum Gasteiger partial charge on any atom is 0.218 e. The number of nitrogens with zero attached hydrogens (tertiary/aromatic N) is 3. The van der Waals surface area contributed by atoms with Crippen molar-refractivity contribution in [2.75, 3.05) is 0 Å². The minimum atomic E-state index is -1.82. The molecule has 3 saturated heterocycles. The van der Waals surface area contributed by atoms with Gasteiger partial charge in [-0.1, -0.05) is 40.5 Å². The number of halogens is 1. The first-order valence-electron chi connectivity index (χ1n) is 8.45. The van der Waals surface area contributed by atoms with Crippen LogP contribution in [0.5, 0.6) is 0 Å². The van der Waals surface area contributed by atoms with E-state index in [1.165, 1.54) is 0 Å². The summed E-state index contributed by atoms with van der Waals surface area (Å²) in [5, 5.41) is 38.9. The second-order valence-corrected chi connectivity index (χ2v) is 7.87. The number of rotatable bonds is 1. The Morgan fingerprint density at radius 2 is 1.85 bits per heavy atom. The third-order valence-corrected chi connectivity index (χ3v) is 6.73. The van der Waals surface area contributed by atoms with Gasteiger partial charge in [-0.15, -0.1) is 0 Å². The van der Waals surface area contributed by atoms with Crippen molar-refractivity contribution >= 4 is 21.8 Å². The van der Waals surface area contributed by atoms with Crippen LogP contribution in [-0.2, 0) is 9.47 Å². The fourth-order valence-corrected chi connectivity index (χ4v) is 5.30. The van der Waals surface area contributed by atoms with Gasteiger partial charge in [-0.05, 0) is 24.5 Å². The van der Waals surface area contributed by atoms with Crippen molar-refractivity contribution in [1.29, 1.82) is 21.2 Å². The molecule has 4 aliphatic rings. The first kappa shape index (κ1) is 17.0. The van der Waals surface area contributed by atoms with Gasteiger partial charge in [0.2, 0.25) is 11.7 Å².